The molecule has 0 radical (unpaired) electrons. The van der Waals surface area contributed by atoms with Gasteiger partial charge in [0.2, 0.25) is 0 Å². The summed E-state index contributed by atoms with van der Waals surface area (Å²) in [6.45, 7) is 9.12. The van der Waals surface area contributed by atoms with Crippen LogP contribution in [0.4, 0.5) is 14.5 Å². The second-order valence-electron chi connectivity index (χ2n) is 5.93. The molecule has 1 rings (SSSR count). The van der Waals surface area contributed by atoms with Crippen LogP contribution in [0.3, 0.4) is 0 Å². The van der Waals surface area contributed by atoms with Crippen LogP contribution in [0, 0.1) is 11.6 Å². The zero-order chi connectivity index (χ0) is 14.6. The van der Waals surface area contributed by atoms with Gasteiger partial charge >= 0.3 is 0 Å². The van der Waals surface area contributed by atoms with Crippen LogP contribution in [0.5, 0.6) is 0 Å². The lowest BCUT2D eigenvalue weighted by atomic mass is 10.1. The number of hydrogen-bond donors (Lipinski definition) is 1. The van der Waals surface area contributed by atoms with Gasteiger partial charge in [0.05, 0.1) is 0 Å². The minimum absolute atomic E-state index is 0.0568. The van der Waals surface area contributed by atoms with Crippen molar-refractivity contribution in [2.45, 2.75) is 46.2 Å². The minimum atomic E-state index is -0.498. The Morgan fingerprint density at radius 3 is 2.11 bits per heavy atom. The van der Waals surface area contributed by atoms with E-state index >= 15 is 0 Å². The van der Waals surface area contributed by atoms with Gasteiger partial charge < -0.3 is 10.2 Å². The van der Waals surface area contributed by atoms with Crippen LogP contribution in [-0.4, -0.2) is 19.1 Å². The molecule has 19 heavy (non-hydrogen) atoms. The summed E-state index contributed by atoms with van der Waals surface area (Å²) >= 11 is 0. The molecular formula is C15H24F2N2. The summed E-state index contributed by atoms with van der Waals surface area (Å²) in [7, 11) is 1.71. The maximum Gasteiger partial charge on any atom is 0.149 e. The molecule has 0 aliphatic heterocycles. The summed E-state index contributed by atoms with van der Waals surface area (Å²) in [6, 6.07) is 2.81. The Kier molecular flexibility index (Phi) is 5.29. The van der Waals surface area contributed by atoms with Crippen molar-refractivity contribution in [2.75, 3.05) is 18.5 Å². The molecule has 0 aliphatic rings. The van der Waals surface area contributed by atoms with E-state index in [1.54, 1.807) is 11.9 Å². The van der Waals surface area contributed by atoms with Gasteiger partial charge in [-0.3, -0.25) is 0 Å². The third-order valence-electron chi connectivity index (χ3n) is 2.84. The molecule has 108 valence electrons. The maximum absolute atomic E-state index is 14.0. The van der Waals surface area contributed by atoms with Gasteiger partial charge in [0.1, 0.15) is 17.3 Å². The van der Waals surface area contributed by atoms with E-state index < -0.39 is 11.6 Å². The van der Waals surface area contributed by atoms with Gasteiger partial charge in [-0.2, -0.15) is 0 Å². The van der Waals surface area contributed by atoms with Crippen LogP contribution in [0.1, 0.15) is 39.7 Å². The molecule has 4 heteroatoms. The Bertz CT molecular complexity index is 402. The van der Waals surface area contributed by atoms with Crippen LogP contribution < -0.4 is 10.2 Å². The van der Waals surface area contributed by atoms with Gasteiger partial charge in [-0.25, -0.2) is 8.78 Å². The molecule has 2 nitrogen and oxygen atoms in total. The monoisotopic (exact) mass is 270 g/mol. The molecule has 0 heterocycles. The van der Waals surface area contributed by atoms with Gasteiger partial charge in [0.15, 0.2) is 0 Å². The van der Waals surface area contributed by atoms with Crippen LogP contribution in [0.15, 0.2) is 12.1 Å². The van der Waals surface area contributed by atoms with Gasteiger partial charge in [0, 0.05) is 25.7 Å². The Morgan fingerprint density at radius 2 is 1.68 bits per heavy atom. The molecular weight excluding hydrogens is 246 g/mol. The van der Waals surface area contributed by atoms with E-state index in [0.717, 1.165) is 6.42 Å². The Hall–Kier alpha value is -1.16. The van der Waals surface area contributed by atoms with E-state index in [9.17, 15) is 8.78 Å². The summed E-state index contributed by atoms with van der Waals surface area (Å²) in [4.78, 5) is 1.62. The molecule has 0 atom stereocenters. The average Bonchev–Trinajstić information content (AvgIpc) is 2.25. The lowest BCUT2D eigenvalue weighted by Crippen LogP contribution is -2.35. The minimum Gasteiger partial charge on any atom is -0.370 e. The normalized spacial score (nSPS) is 11.7. The number of hydrogen-bond acceptors (Lipinski definition) is 2. The van der Waals surface area contributed by atoms with E-state index in [0.29, 0.717) is 18.7 Å². The van der Waals surface area contributed by atoms with Crippen molar-refractivity contribution in [3.63, 3.8) is 0 Å². The number of rotatable bonds is 5. The van der Waals surface area contributed by atoms with Crippen LogP contribution in [0.2, 0.25) is 0 Å². The zero-order valence-electron chi connectivity index (χ0n) is 12.5. The summed E-state index contributed by atoms with van der Waals surface area (Å²) in [6.07, 6.45) is 0.850. The van der Waals surface area contributed by atoms with Crippen molar-refractivity contribution < 1.29 is 8.78 Å². The Labute approximate surface area is 114 Å². The van der Waals surface area contributed by atoms with Gasteiger partial charge in [-0.1, -0.05) is 6.92 Å². The van der Waals surface area contributed by atoms with Crippen LogP contribution in [0.25, 0.3) is 0 Å². The quantitative estimate of drug-likeness (QED) is 0.877. The average molecular weight is 270 g/mol. The number of halogens is 2. The Balaban J connectivity index is 2.90. The van der Waals surface area contributed by atoms with Crippen molar-refractivity contribution in [1.29, 1.82) is 0 Å². The predicted molar refractivity (Wildman–Crippen MR) is 76.5 cm³/mol. The molecule has 0 saturated carbocycles. The molecule has 0 amide bonds. The van der Waals surface area contributed by atoms with Crippen molar-refractivity contribution >= 4 is 5.69 Å². The topological polar surface area (TPSA) is 15.3 Å². The molecule has 0 aliphatic carbocycles. The van der Waals surface area contributed by atoms with Crippen molar-refractivity contribution in [3.05, 3.63) is 29.3 Å². The van der Waals surface area contributed by atoms with E-state index in [-0.39, 0.29) is 11.2 Å². The maximum atomic E-state index is 14.0. The number of nitrogens with one attached hydrogen (secondary N) is 1. The first-order valence-electron chi connectivity index (χ1n) is 6.68. The molecule has 0 unspecified atom stereocenters. The largest absolute Gasteiger partial charge is 0.370 e. The van der Waals surface area contributed by atoms with Crippen molar-refractivity contribution in [3.8, 4) is 0 Å². The first-order valence-corrected chi connectivity index (χ1v) is 6.68. The molecule has 1 N–H and O–H groups in total. The highest BCUT2D eigenvalue weighted by molar-refractivity contribution is 5.50. The second kappa shape index (κ2) is 6.33. The smallest absolute Gasteiger partial charge is 0.149 e. The Morgan fingerprint density at radius 1 is 1.16 bits per heavy atom. The van der Waals surface area contributed by atoms with E-state index in [2.05, 4.69) is 5.32 Å². The van der Waals surface area contributed by atoms with Crippen molar-refractivity contribution in [1.82, 2.24) is 5.32 Å². The third kappa shape index (κ3) is 4.78. The summed E-state index contributed by atoms with van der Waals surface area (Å²) < 4.78 is 28.0. The zero-order valence-corrected chi connectivity index (χ0v) is 12.5. The summed E-state index contributed by atoms with van der Waals surface area (Å²) in [5.41, 5.74) is 0.602. The van der Waals surface area contributed by atoms with E-state index in [1.165, 1.54) is 12.1 Å². The highest BCUT2D eigenvalue weighted by Crippen LogP contribution is 2.24. The molecule has 0 spiro atoms. The molecule has 1 aromatic carbocycles. The van der Waals surface area contributed by atoms with Gasteiger partial charge in [0.25, 0.3) is 0 Å². The van der Waals surface area contributed by atoms with Crippen LogP contribution in [-0.2, 0) is 6.54 Å². The van der Waals surface area contributed by atoms with Gasteiger partial charge in [-0.15, -0.1) is 0 Å². The fourth-order valence-corrected chi connectivity index (χ4v) is 1.90. The number of nitrogens with zero attached hydrogens (tertiary/aromatic N) is 1. The van der Waals surface area contributed by atoms with Crippen molar-refractivity contribution in [2.24, 2.45) is 0 Å². The van der Waals surface area contributed by atoms with E-state index in [1.807, 2.05) is 27.7 Å². The molecule has 0 saturated heterocycles. The highest BCUT2D eigenvalue weighted by atomic mass is 19.1. The summed E-state index contributed by atoms with van der Waals surface area (Å²) in [5.74, 6) is -0.997. The lowest BCUT2D eigenvalue weighted by Gasteiger charge is -2.22. The fraction of sp³-hybridized carbons (Fsp3) is 0.600. The highest BCUT2D eigenvalue weighted by Gasteiger charge is 2.16. The third-order valence-corrected chi connectivity index (χ3v) is 2.84. The van der Waals surface area contributed by atoms with E-state index in [4.69, 9.17) is 0 Å². The molecule has 1 aromatic rings. The predicted octanol–water partition coefficient (Wildman–Crippen LogP) is 3.70. The molecule has 0 fully saturated rings. The molecule has 0 aromatic heterocycles. The number of benzene rings is 1. The standard InChI is InChI=1S/C15H24F2N2/c1-6-7-19(5)14-12(16)8-11(9-13(14)17)10-18-15(2,3)4/h8-9,18H,6-7,10H2,1-5H3. The lowest BCUT2D eigenvalue weighted by molar-refractivity contribution is 0.422. The first-order chi connectivity index (χ1) is 8.74. The first kappa shape index (κ1) is 15.9. The summed E-state index contributed by atoms with van der Waals surface area (Å²) in [5, 5.41) is 3.22. The van der Waals surface area contributed by atoms with Crippen LogP contribution >= 0.6 is 0 Å². The molecule has 0 bridgehead atoms. The number of anilines is 1. The second-order valence-corrected chi connectivity index (χ2v) is 5.93. The SMILES string of the molecule is CCCN(C)c1c(F)cc(CNC(C)(C)C)cc1F. The van der Waals surface area contributed by atoms with Gasteiger partial charge in [-0.05, 0) is 44.9 Å². The fourth-order valence-electron chi connectivity index (χ4n) is 1.90.